The molecule has 2 rings (SSSR count). The topological polar surface area (TPSA) is 15.3 Å². The third-order valence-electron chi connectivity index (χ3n) is 3.70. The van der Waals surface area contributed by atoms with Crippen LogP contribution in [0.1, 0.15) is 26.3 Å². The van der Waals surface area contributed by atoms with Gasteiger partial charge in [-0.05, 0) is 39.0 Å². The second kappa shape index (κ2) is 5.90. The lowest BCUT2D eigenvalue weighted by Gasteiger charge is -2.40. The summed E-state index contributed by atoms with van der Waals surface area (Å²) in [6, 6.07) is 5.78. The Bertz CT molecular complexity index is 442. The van der Waals surface area contributed by atoms with Crippen molar-refractivity contribution < 1.29 is 4.39 Å². The third-order valence-corrected chi connectivity index (χ3v) is 4.30. The van der Waals surface area contributed by atoms with Crippen molar-refractivity contribution in [1.29, 1.82) is 0 Å². The number of nitrogens with zero attached hydrogens (tertiary/aromatic N) is 1. The molecule has 1 saturated heterocycles. The van der Waals surface area contributed by atoms with Gasteiger partial charge in [-0.3, -0.25) is 4.90 Å². The molecule has 2 nitrogen and oxygen atoms in total. The maximum absolute atomic E-state index is 13.2. The Morgan fingerprint density at radius 1 is 1.42 bits per heavy atom. The molecule has 1 aliphatic heterocycles. The van der Waals surface area contributed by atoms with Gasteiger partial charge < -0.3 is 5.32 Å². The van der Waals surface area contributed by atoms with Crippen LogP contribution in [-0.2, 0) is 6.54 Å². The Morgan fingerprint density at radius 3 is 2.79 bits per heavy atom. The molecular formula is C15H22BrFN2. The minimum Gasteiger partial charge on any atom is -0.311 e. The highest BCUT2D eigenvalue weighted by molar-refractivity contribution is 9.10. The third kappa shape index (κ3) is 4.01. The number of piperazine rings is 1. The Hall–Kier alpha value is -0.450. The predicted octanol–water partition coefficient (Wildman–Crippen LogP) is 3.41. The second-order valence-electron chi connectivity index (χ2n) is 6.36. The minimum absolute atomic E-state index is 0.198. The molecule has 19 heavy (non-hydrogen) atoms. The van der Waals surface area contributed by atoms with Crippen LogP contribution in [0.25, 0.3) is 0 Å². The Morgan fingerprint density at radius 2 is 2.16 bits per heavy atom. The smallest absolute Gasteiger partial charge is 0.137 e. The standard InChI is InChI=1S/C15H22BrFN2/c1-15(2,3)14-10-19(7-6-18-14)9-11-4-5-13(17)12(16)8-11/h4-5,8,14,18H,6-7,9-10H2,1-3H3. The maximum Gasteiger partial charge on any atom is 0.137 e. The number of benzene rings is 1. The van der Waals surface area contributed by atoms with E-state index in [0.717, 1.165) is 31.7 Å². The fourth-order valence-corrected chi connectivity index (χ4v) is 2.86. The number of hydrogen-bond donors (Lipinski definition) is 1. The monoisotopic (exact) mass is 328 g/mol. The van der Waals surface area contributed by atoms with Crippen molar-refractivity contribution in [3.05, 3.63) is 34.1 Å². The zero-order chi connectivity index (χ0) is 14.0. The average Bonchev–Trinajstić information content (AvgIpc) is 2.33. The number of rotatable bonds is 2. The lowest BCUT2D eigenvalue weighted by molar-refractivity contribution is 0.129. The average molecular weight is 329 g/mol. The van der Waals surface area contributed by atoms with Crippen molar-refractivity contribution in [3.63, 3.8) is 0 Å². The van der Waals surface area contributed by atoms with Crippen LogP contribution in [0.15, 0.2) is 22.7 Å². The molecule has 1 unspecified atom stereocenters. The highest BCUT2D eigenvalue weighted by Gasteiger charge is 2.29. The fraction of sp³-hybridized carbons (Fsp3) is 0.600. The van der Waals surface area contributed by atoms with E-state index < -0.39 is 0 Å². The van der Waals surface area contributed by atoms with Gasteiger partial charge in [0, 0.05) is 32.2 Å². The molecular weight excluding hydrogens is 307 g/mol. The van der Waals surface area contributed by atoms with Gasteiger partial charge in [-0.15, -0.1) is 0 Å². The van der Waals surface area contributed by atoms with Gasteiger partial charge in [-0.1, -0.05) is 26.8 Å². The van der Waals surface area contributed by atoms with E-state index in [4.69, 9.17) is 0 Å². The number of hydrogen-bond acceptors (Lipinski definition) is 2. The molecule has 106 valence electrons. The summed E-state index contributed by atoms with van der Waals surface area (Å²) >= 11 is 3.25. The summed E-state index contributed by atoms with van der Waals surface area (Å²) in [5, 5.41) is 3.58. The van der Waals surface area contributed by atoms with Crippen molar-refractivity contribution in [2.24, 2.45) is 5.41 Å². The SMILES string of the molecule is CC(C)(C)C1CN(Cc2ccc(F)c(Br)c2)CCN1. The highest BCUT2D eigenvalue weighted by atomic mass is 79.9. The molecule has 1 N–H and O–H groups in total. The van der Waals surface area contributed by atoms with Gasteiger partial charge in [-0.25, -0.2) is 4.39 Å². The largest absolute Gasteiger partial charge is 0.311 e. The van der Waals surface area contributed by atoms with Crippen LogP contribution in [0, 0.1) is 11.2 Å². The fourth-order valence-electron chi connectivity index (χ4n) is 2.43. The predicted molar refractivity (Wildman–Crippen MR) is 80.6 cm³/mol. The molecule has 1 heterocycles. The van der Waals surface area contributed by atoms with E-state index in [1.165, 1.54) is 6.07 Å². The van der Waals surface area contributed by atoms with Gasteiger partial charge in [0.1, 0.15) is 5.82 Å². The van der Waals surface area contributed by atoms with Crippen LogP contribution >= 0.6 is 15.9 Å². The van der Waals surface area contributed by atoms with Crippen LogP contribution < -0.4 is 5.32 Å². The van der Waals surface area contributed by atoms with E-state index in [2.05, 4.69) is 46.9 Å². The first-order chi connectivity index (χ1) is 8.86. The minimum atomic E-state index is -0.198. The van der Waals surface area contributed by atoms with Gasteiger partial charge >= 0.3 is 0 Å². The molecule has 0 radical (unpaired) electrons. The van der Waals surface area contributed by atoms with Crippen LogP contribution in [0.3, 0.4) is 0 Å². The normalized spacial score (nSPS) is 21.6. The summed E-state index contributed by atoms with van der Waals surface area (Å²) in [6.45, 7) is 10.8. The Balaban J connectivity index is 2.00. The molecule has 0 amide bonds. The molecule has 1 aromatic rings. The van der Waals surface area contributed by atoms with Gasteiger partial charge in [0.15, 0.2) is 0 Å². The second-order valence-corrected chi connectivity index (χ2v) is 7.21. The van der Waals surface area contributed by atoms with Gasteiger partial charge in [0.25, 0.3) is 0 Å². The summed E-state index contributed by atoms with van der Waals surface area (Å²) in [6.07, 6.45) is 0. The molecule has 4 heteroatoms. The first kappa shape index (κ1) is 14.9. The molecule has 0 spiro atoms. The number of nitrogens with one attached hydrogen (secondary N) is 1. The molecule has 1 fully saturated rings. The Labute approximate surface area is 123 Å². The van der Waals surface area contributed by atoms with Crippen molar-refractivity contribution in [3.8, 4) is 0 Å². The van der Waals surface area contributed by atoms with Crippen LogP contribution in [0.4, 0.5) is 4.39 Å². The molecule has 1 aliphatic rings. The number of halogens is 2. The molecule has 1 atom stereocenters. The van der Waals surface area contributed by atoms with E-state index in [0.29, 0.717) is 10.5 Å². The summed E-state index contributed by atoms with van der Waals surface area (Å²) in [7, 11) is 0. The van der Waals surface area contributed by atoms with Crippen molar-refractivity contribution in [1.82, 2.24) is 10.2 Å². The summed E-state index contributed by atoms with van der Waals surface area (Å²) in [4.78, 5) is 2.44. The quantitative estimate of drug-likeness (QED) is 0.895. The van der Waals surface area contributed by atoms with Crippen molar-refractivity contribution >= 4 is 15.9 Å². The van der Waals surface area contributed by atoms with E-state index in [1.54, 1.807) is 0 Å². The summed E-state index contributed by atoms with van der Waals surface area (Å²) in [5.41, 5.74) is 1.42. The Kier molecular flexibility index (Phi) is 4.64. The first-order valence-corrected chi connectivity index (χ1v) is 7.55. The summed E-state index contributed by atoms with van der Waals surface area (Å²) in [5.74, 6) is -0.198. The zero-order valence-corrected chi connectivity index (χ0v) is 13.4. The molecule has 0 aromatic heterocycles. The molecule has 0 bridgehead atoms. The summed E-state index contributed by atoms with van der Waals surface area (Å²) < 4.78 is 13.8. The highest BCUT2D eigenvalue weighted by Crippen LogP contribution is 2.23. The molecule has 1 aromatic carbocycles. The lowest BCUT2D eigenvalue weighted by atomic mass is 9.85. The van der Waals surface area contributed by atoms with Gasteiger partial charge in [0.2, 0.25) is 0 Å². The lowest BCUT2D eigenvalue weighted by Crippen LogP contribution is -2.55. The van der Waals surface area contributed by atoms with Crippen LogP contribution in [-0.4, -0.2) is 30.6 Å². The van der Waals surface area contributed by atoms with Crippen LogP contribution in [0.2, 0.25) is 0 Å². The van der Waals surface area contributed by atoms with Crippen molar-refractivity contribution in [2.45, 2.75) is 33.4 Å². The van der Waals surface area contributed by atoms with Gasteiger partial charge in [0.05, 0.1) is 4.47 Å². The maximum atomic E-state index is 13.2. The van der Waals surface area contributed by atoms with E-state index in [1.807, 2.05) is 12.1 Å². The zero-order valence-electron chi connectivity index (χ0n) is 11.8. The molecule has 0 aliphatic carbocycles. The first-order valence-electron chi connectivity index (χ1n) is 6.76. The van der Waals surface area contributed by atoms with Gasteiger partial charge in [-0.2, -0.15) is 0 Å². The van der Waals surface area contributed by atoms with E-state index in [9.17, 15) is 4.39 Å². The van der Waals surface area contributed by atoms with Crippen molar-refractivity contribution in [2.75, 3.05) is 19.6 Å². The van der Waals surface area contributed by atoms with Crippen LogP contribution in [0.5, 0.6) is 0 Å². The van der Waals surface area contributed by atoms with E-state index in [-0.39, 0.29) is 11.2 Å². The molecule has 0 saturated carbocycles. The van der Waals surface area contributed by atoms with E-state index >= 15 is 0 Å².